The van der Waals surface area contributed by atoms with Gasteiger partial charge in [-0.05, 0) is 55.1 Å². The fraction of sp³-hybridized carbons (Fsp3) is 0.333. The van der Waals surface area contributed by atoms with Gasteiger partial charge in [0.15, 0.2) is 0 Å². The monoisotopic (exact) mass is 285 g/mol. The predicted octanol–water partition coefficient (Wildman–Crippen LogP) is 3.39. The highest BCUT2D eigenvalue weighted by Crippen LogP contribution is 2.27. The van der Waals surface area contributed by atoms with Gasteiger partial charge in [0.1, 0.15) is 18.1 Å². The summed E-state index contributed by atoms with van der Waals surface area (Å²) in [5.74, 6) is 1.65. The Labute approximate surface area is 126 Å². The van der Waals surface area contributed by atoms with E-state index in [2.05, 4.69) is 32.0 Å². The van der Waals surface area contributed by atoms with Crippen molar-refractivity contribution in [2.24, 2.45) is 5.73 Å². The highest BCUT2D eigenvalue weighted by Gasteiger charge is 2.08. The third-order valence-corrected chi connectivity index (χ3v) is 3.70. The van der Waals surface area contributed by atoms with Crippen LogP contribution in [0.25, 0.3) is 0 Å². The summed E-state index contributed by atoms with van der Waals surface area (Å²) in [6.07, 6.45) is 0.798. The summed E-state index contributed by atoms with van der Waals surface area (Å²) in [5.41, 5.74) is 10.5. The molecule has 3 nitrogen and oxygen atoms in total. The first kappa shape index (κ1) is 15.4. The molecular weight excluding hydrogens is 262 g/mol. The summed E-state index contributed by atoms with van der Waals surface area (Å²) < 4.78 is 11.3. The number of nitrogens with two attached hydrogens (primary N) is 1. The number of rotatable bonds is 6. The number of methoxy groups -OCH3 is 1. The molecule has 0 radical (unpaired) electrons. The first-order valence-corrected chi connectivity index (χ1v) is 7.20. The Morgan fingerprint density at radius 2 is 1.76 bits per heavy atom. The Kier molecular flexibility index (Phi) is 5.23. The maximum absolute atomic E-state index is 6.04. The predicted molar refractivity (Wildman–Crippen MR) is 86.0 cm³/mol. The minimum atomic E-state index is 0.559. The van der Waals surface area contributed by atoms with Crippen molar-refractivity contribution in [3.63, 3.8) is 0 Å². The number of benzene rings is 2. The van der Waals surface area contributed by atoms with Crippen molar-refractivity contribution < 1.29 is 9.47 Å². The van der Waals surface area contributed by atoms with Gasteiger partial charge in [-0.2, -0.15) is 0 Å². The third kappa shape index (κ3) is 3.76. The lowest BCUT2D eigenvalue weighted by Crippen LogP contribution is -2.07. The van der Waals surface area contributed by atoms with Crippen LogP contribution >= 0.6 is 0 Å². The third-order valence-electron chi connectivity index (χ3n) is 3.70. The van der Waals surface area contributed by atoms with E-state index in [9.17, 15) is 0 Å². The van der Waals surface area contributed by atoms with Gasteiger partial charge < -0.3 is 15.2 Å². The standard InChI is InChI=1S/C18H23NO2/c1-13-5-4-6-14(2)17(13)12-21-18-11-16(20-3)8-7-15(18)9-10-19/h4-8,11H,9-10,12,19H2,1-3H3. The van der Waals surface area contributed by atoms with E-state index in [-0.39, 0.29) is 0 Å². The van der Waals surface area contributed by atoms with Crippen LogP contribution in [-0.4, -0.2) is 13.7 Å². The molecule has 0 amide bonds. The van der Waals surface area contributed by atoms with Crippen LogP contribution in [0.15, 0.2) is 36.4 Å². The Morgan fingerprint density at radius 1 is 1.05 bits per heavy atom. The quantitative estimate of drug-likeness (QED) is 0.884. The molecule has 0 aliphatic heterocycles. The summed E-state index contributed by atoms with van der Waals surface area (Å²) in [6, 6.07) is 12.2. The molecule has 112 valence electrons. The Bertz CT molecular complexity index is 588. The second-order valence-corrected chi connectivity index (χ2v) is 5.17. The van der Waals surface area contributed by atoms with E-state index in [1.165, 1.54) is 16.7 Å². The number of ether oxygens (including phenoxy) is 2. The lowest BCUT2D eigenvalue weighted by Gasteiger charge is -2.15. The lowest BCUT2D eigenvalue weighted by atomic mass is 10.0. The van der Waals surface area contributed by atoms with Gasteiger partial charge in [-0.3, -0.25) is 0 Å². The fourth-order valence-electron chi connectivity index (χ4n) is 2.38. The molecule has 0 aliphatic carbocycles. The van der Waals surface area contributed by atoms with Gasteiger partial charge in [0, 0.05) is 6.07 Å². The smallest absolute Gasteiger partial charge is 0.126 e. The highest BCUT2D eigenvalue weighted by molar-refractivity contribution is 5.41. The molecule has 2 aromatic rings. The highest BCUT2D eigenvalue weighted by atomic mass is 16.5. The minimum absolute atomic E-state index is 0.559. The number of hydrogen-bond acceptors (Lipinski definition) is 3. The number of hydrogen-bond donors (Lipinski definition) is 1. The summed E-state index contributed by atoms with van der Waals surface area (Å²) in [6.45, 7) is 5.38. The zero-order chi connectivity index (χ0) is 15.2. The molecule has 0 bridgehead atoms. The molecule has 21 heavy (non-hydrogen) atoms. The van der Waals surface area contributed by atoms with E-state index in [0.29, 0.717) is 13.2 Å². The summed E-state index contributed by atoms with van der Waals surface area (Å²) in [5, 5.41) is 0. The molecule has 0 fully saturated rings. The average molecular weight is 285 g/mol. The molecule has 0 saturated carbocycles. The second-order valence-electron chi connectivity index (χ2n) is 5.17. The Hall–Kier alpha value is -2.00. The van der Waals surface area contributed by atoms with E-state index >= 15 is 0 Å². The maximum Gasteiger partial charge on any atom is 0.126 e. The van der Waals surface area contributed by atoms with Crippen molar-refractivity contribution in [1.29, 1.82) is 0 Å². The molecule has 0 heterocycles. The molecule has 3 heteroatoms. The van der Waals surface area contributed by atoms with E-state index < -0.39 is 0 Å². The number of aryl methyl sites for hydroxylation is 2. The largest absolute Gasteiger partial charge is 0.497 e. The van der Waals surface area contributed by atoms with Crippen molar-refractivity contribution in [3.8, 4) is 11.5 Å². The van der Waals surface area contributed by atoms with E-state index in [1.807, 2.05) is 18.2 Å². The molecule has 0 spiro atoms. The fourth-order valence-corrected chi connectivity index (χ4v) is 2.38. The average Bonchev–Trinajstić information content (AvgIpc) is 2.48. The van der Waals surface area contributed by atoms with Crippen LogP contribution in [0.5, 0.6) is 11.5 Å². The van der Waals surface area contributed by atoms with Gasteiger partial charge in [-0.15, -0.1) is 0 Å². The van der Waals surface area contributed by atoms with Crippen LogP contribution in [0.2, 0.25) is 0 Å². The van der Waals surface area contributed by atoms with Crippen LogP contribution in [0.3, 0.4) is 0 Å². The van der Waals surface area contributed by atoms with Crippen LogP contribution in [0, 0.1) is 13.8 Å². The van der Waals surface area contributed by atoms with Gasteiger partial charge in [0.2, 0.25) is 0 Å². The van der Waals surface area contributed by atoms with E-state index in [4.69, 9.17) is 15.2 Å². The van der Waals surface area contributed by atoms with Gasteiger partial charge in [-0.1, -0.05) is 24.3 Å². The summed E-state index contributed by atoms with van der Waals surface area (Å²) in [7, 11) is 1.66. The molecule has 2 aromatic carbocycles. The van der Waals surface area contributed by atoms with Crippen LogP contribution in [-0.2, 0) is 13.0 Å². The normalized spacial score (nSPS) is 10.5. The first-order valence-electron chi connectivity index (χ1n) is 7.20. The molecule has 0 aromatic heterocycles. The molecule has 2 rings (SSSR count). The summed E-state index contributed by atoms with van der Waals surface area (Å²) in [4.78, 5) is 0. The van der Waals surface area contributed by atoms with Crippen LogP contribution in [0.1, 0.15) is 22.3 Å². The molecular formula is C18H23NO2. The van der Waals surface area contributed by atoms with Gasteiger partial charge in [0.05, 0.1) is 7.11 Å². The summed E-state index contributed by atoms with van der Waals surface area (Å²) >= 11 is 0. The van der Waals surface area contributed by atoms with E-state index in [0.717, 1.165) is 23.5 Å². The lowest BCUT2D eigenvalue weighted by molar-refractivity contribution is 0.299. The van der Waals surface area contributed by atoms with Crippen molar-refractivity contribution in [1.82, 2.24) is 0 Å². The van der Waals surface area contributed by atoms with Gasteiger partial charge in [0.25, 0.3) is 0 Å². The topological polar surface area (TPSA) is 44.5 Å². The van der Waals surface area contributed by atoms with Crippen molar-refractivity contribution in [2.75, 3.05) is 13.7 Å². The van der Waals surface area contributed by atoms with E-state index in [1.54, 1.807) is 7.11 Å². The Morgan fingerprint density at radius 3 is 2.38 bits per heavy atom. The van der Waals surface area contributed by atoms with Crippen LogP contribution < -0.4 is 15.2 Å². The van der Waals surface area contributed by atoms with Crippen molar-refractivity contribution >= 4 is 0 Å². The second kappa shape index (κ2) is 7.14. The Balaban J connectivity index is 2.22. The molecule has 0 aliphatic rings. The SMILES string of the molecule is COc1ccc(CCN)c(OCc2c(C)cccc2C)c1. The zero-order valence-corrected chi connectivity index (χ0v) is 13.0. The maximum atomic E-state index is 6.04. The molecule has 0 atom stereocenters. The molecule has 2 N–H and O–H groups in total. The van der Waals surface area contributed by atoms with Crippen LogP contribution in [0.4, 0.5) is 0 Å². The molecule has 0 unspecified atom stereocenters. The minimum Gasteiger partial charge on any atom is -0.497 e. The van der Waals surface area contributed by atoms with Gasteiger partial charge >= 0.3 is 0 Å². The van der Waals surface area contributed by atoms with Crippen molar-refractivity contribution in [2.45, 2.75) is 26.9 Å². The van der Waals surface area contributed by atoms with Crippen molar-refractivity contribution in [3.05, 3.63) is 58.7 Å². The molecule has 0 saturated heterocycles. The first-order chi connectivity index (χ1) is 10.2. The zero-order valence-electron chi connectivity index (χ0n) is 13.0. The van der Waals surface area contributed by atoms with Gasteiger partial charge in [-0.25, -0.2) is 0 Å².